The smallest absolute Gasteiger partial charge is 0.273 e. The highest BCUT2D eigenvalue weighted by atomic mass is 79.9. The van der Waals surface area contributed by atoms with Crippen molar-refractivity contribution in [2.45, 2.75) is 0 Å². The number of hydrogen-bond donors (Lipinski definition) is 1. The monoisotopic (exact) mass is 311 g/mol. The molecule has 0 aliphatic rings. The maximum absolute atomic E-state index is 11.6. The fourth-order valence-electron chi connectivity index (χ4n) is 1.24. The van der Waals surface area contributed by atoms with Crippen molar-refractivity contribution in [1.82, 2.24) is 29.9 Å². The van der Waals surface area contributed by atoms with Crippen LogP contribution in [-0.2, 0) is 0 Å². The van der Waals surface area contributed by atoms with Gasteiger partial charge in [0.1, 0.15) is 0 Å². The third-order valence-corrected chi connectivity index (χ3v) is 2.59. The minimum Gasteiger partial charge on any atom is -0.366 e. The van der Waals surface area contributed by atoms with Crippen molar-refractivity contribution in [2.24, 2.45) is 0 Å². The number of carbonyl (C=O) groups excluding carboxylic acids is 1. The van der Waals surface area contributed by atoms with Gasteiger partial charge in [-0.2, -0.15) is 9.67 Å². The van der Waals surface area contributed by atoms with E-state index in [1.165, 1.54) is 9.58 Å². The Morgan fingerprint density at radius 1 is 1.39 bits per heavy atom. The topological polar surface area (TPSA) is 103 Å². The molecule has 0 fully saturated rings. The van der Waals surface area contributed by atoms with E-state index in [-0.39, 0.29) is 17.5 Å². The molecule has 2 N–H and O–H groups in total. The highest BCUT2D eigenvalue weighted by molar-refractivity contribution is 9.10. The number of nitrogens with two attached hydrogens (primary N) is 1. The van der Waals surface area contributed by atoms with E-state index in [0.717, 1.165) is 0 Å². The summed E-state index contributed by atoms with van der Waals surface area (Å²) in [5.41, 5.74) is 5.71. The summed E-state index contributed by atoms with van der Waals surface area (Å²) in [5.74, 6) is 0.324. The number of aromatic nitrogens is 5. The SMILES string of the molecule is CN(C)C(=O)c1ccc(-n2nc(N)nc2Br)nn1. The normalized spacial score (nSPS) is 10.4. The van der Waals surface area contributed by atoms with E-state index in [2.05, 4.69) is 36.2 Å². The molecule has 1 amide bonds. The maximum atomic E-state index is 11.6. The summed E-state index contributed by atoms with van der Waals surface area (Å²) >= 11 is 3.19. The molecule has 0 aliphatic heterocycles. The predicted octanol–water partition coefficient (Wildman–Crippen LogP) is 0.104. The second kappa shape index (κ2) is 4.69. The lowest BCUT2D eigenvalue weighted by molar-refractivity contribution is 0.0821. The average molecular weight is 312 g/mol. The summed E-state index contributed by atoms with van der Waals surface area (Å²) in [6.07, 6.45) is 0. The summed E-state index contributed by atoms with van der Waals surface area (Å²) in [4.78, 5) is 16.9. The summed E-state index contributed by atoms with van der Waals surface area (Å²) < 4.78 is 1.80. The van der Waals surface area contributed by atoms with E-state index < -0.39 is 0 Å². The van der Waals surface area contributed by atoms with Gasteiger partial charge >= 0.3 is 0 Å². The summed E-state index contributed by atoms with van der Waals surface area (Å²) in [5, 5.41) is 11.7. The highest BCUT2D eigenvalue weighted by Crippen LogP contribution is 2.13. The molecule has 0 aliphatic carbocycles. The van der Waals surface area contributed by atoms with Crippen LogP contribution in [0.2, 0.25) is 0 Å². The van der Waals surface area contributed by atoms with Gasteiger partial charge in [0.2, 0.25) is 10.7 Å². The van der Waals surface area contributed by atoms with Crippen LogP contribution in [0.25, 0.3) is 5.82 Å². The summed E-state index contributed by atoms with van der Waals surface area (Å²) in [6, 6.07) is 3.18. The van der Waals surface area contributed by atoms with Crippen molar-refractivity contribution in [2.75, 3.05) is 19.8 Å². The largest absolute Gasteiger partial charge is 0.366 e. The Bertz CT molecular complexity index is 577. The van der Waals surface area contributed by atoms with Gasteiger partial charge in [-0.3, -0.25) is 4.79 Å². The van der Waals surface area contributed by atoms with Crippen molar-refractivity contribution in [3.8, 4) is 5.82 Å². The van der Waals surface area contributed by atoms with Gasteiger partial charge < -0.3 is 10.6 Å². The Morgan fingerprint density at radius 2 is 2.11 bits per heavy atom. The molecule has 18 heavy (non-hydrogen) atoms. The van der Waals surface area contributed by atoms with Crippen LogP contribution in [-0.4, -0.2) is 49.9 Å². The molecule has 0 saturated heterocycles. The molecule has 2 rings (SSSR count). The van der Waals surface area contributed by atoms with E-state index in [1.54, 1.807) is 26.2 Å². The standard InChI is InChI=1S/C9H10BrN7O/c1-16(2)7(18)5-3-4-6(14-13-5)17-8(10)12-9(11)15-17/h3-4H,1-2H3,(H2,11,15). The Hall–Kier alpha value is -2.03. The van der Waals surface area contributed by atoms with Gasteiger partial charge in [0, 0.05) is 14.1 Å². The third kappa shape index (κ3) is 2.30. The molecular formula is C9H10BrN7O. The Morgan fingerprint density at radius 3 is 2.56 bits per heavy atom. The molecule has 2 aromatic heterocycles. The summed E-state index contributed by atoms with van der Waals surface area (Å²) in [6.45, 7) is 0. The van der Waals surface area contributed by atoms with Crippen LogP contribution < -0.4 is 5.73 Å². The number of hydrogen-bond acceptors (Lipinski definition) is 6. The number of anilines is 1. The molecule has 0 atom stereocenters. The van der Waals surface area contributed by atoms with Gasteiger partial charge in [0.15, 0.2) is 11.5 Å². The number of amides is 1. The first-order valence-corrected chi connectivity index (χ1v) is 5.72. The third-order valence-electron chi connectivity index (χ3n) is 2.08. The van der Waals surface area contributed by atoms with E-state index in [1.807, 2.05) is 0 Å². The average Bonchev–Trinajstić information content (AvgIpc) is 2.67. The minimum absolute atomic E-state index is 0.122. The molecule has 0 radical (unpaired) electrons. The Kier molecular flexibility index (Phi) is 3.24. The summed E-state index contributed by atoms with van der Waals surface area (Å²) in [7, 11) is 3.29. The number of rotatable bonds is 2. The first-order chi connectivity index (χ1) is 8.49. The van der Waals surface area contributed by atoms with Crippen LogP contribution in [0.4, 0.5) is 5.95 Å². The second-order valence-corrected chi connectivity index (χ2v) is 4.34. The van der Waals surface area contributed by atoms with E-state index in [4.69, 9.17) is 5.73 Å². The molecule has 8 nitrogen and oxygen atoms in total. The van der Waals surface area contributed by atoms with Gasteiger partial charge in [0.25, 0.3) is 5.91 Å². The zero-order valence-corrected chi connectivity index (χ0v) is 11.3. The van der Waals surface area contributed by atoms with Gasteiger partial charge in [-0.15, -0.1) is 15.3 Å². The molecule has 0 bridgehead atoms. The van der Waals surface area contributed by atoms with E-state index >= 15 is 0 Å². The number of carbonyl (C=O) groups is 1. The molecule has 2 heterocycles. The Balaban J connectivity index is 2.33. The Labute approximate surface area is 111 Å². The fraction of sp³-hybridized carbons (Fsp3) is 0.222. The van der Waals surface area contributed by atoms with Gasteiger partial charge in [-0.25, -0.2) is 0 Å². The van der Waals surface area contributed by atoms with Gasteiger partial charge in [0.05, 0.1) is 0 Å². The maximum Gasteiger partial charge on any atom is 0.273 e. The fourth-order valence-corrected chi connectivity index (χ4v) is 1.68. The lowest BCUT2D eigenvalue weighted by Gasteiger charge is -2.08. The lowest BCUT2D eigenvalue weighted by Crippen LogP contribution is -2.23. The van der Waals surface area contributed by atoms with Crippen LogP contribution >= 0.6 is 15.9 Å². The zero-order chi connectivity index (χ0) is 13.3. The number of nitrogens with zero attached hydrogens (tertiary/aromatic N) is 6. The van der Waals surface area contributed by atoms with Crippen molar-refractivity contribution in [1.29, 1.82) is 0 Å². The first-order valence-electron chi connectivity index (χ1n) is 4.93. The molecule has 0 unspecified atom stereocenters. The van der Waals surface area contributed by atoms with E-state index in [9.17, 15) is 4.79 Å². The predicted molar refractivity (Wildman–Crippen MR) is 67.1 cm³/mol. The van der Waals surface area contributed by atoms with Crippen molar-refractivity contribution in [3.63, 3.8) is 0 Å². The number of nitrogen functional groups attached to an aromatic ring is 1. The second-order valence-electron chi connectivity index (χ2n) is 3.63. The van der Waals surface area contributed by atoms with Crippen molar-refractivity contribution < 1.29 is 4.79 Å². The minimum atomic E-state index is -0.216. The van der Waals surface area contributed by atoms with Crippen LogP contribution in [0.1, 0.15) is 10.5 Å². The first kappa shape index (κ1) is 12.4. The molecule has 94 valence electrons. The van der Waals surface area contributed by atoms with Gasteiger partial charge in [-0.1, -0.05) is 0 Å². The van der Waals surface area contributed by atoms with Crippen LogP contribution in [0.5, 0.6) is 0 Å². The molecule has 2 aromatic rings. The zero-order valence-electron chi connectivity index (χ0n) is 9.70. The van der Waals surface area contributed by atoms with Crippen LogP contribution in [0.15, 0.2) is 16.9 Å². The van der Waals surface area contributed by atoms with Crippen molar-refractivity contribution in [3.05, 3.63) is 22.6 Å². The van der Waals surface area contributed by atoms with Crippen molar-refractivity contribution >= 4 is 27.8 Å². The van der Waals surface area contributed by atoms with Crippen LogP contribution in [0, 0.1) is 0 Å². The highest BCUT2D eigenvalue weighted by Gasteiger charge is 2.12. The molecular weight excluding hydrogens is 302 g/mol. The lowest BCUT2D eigenvalue weighted by atomic mass is 10.3. The number of halogens is 1. The van der Waals surface area contributed by atoms with E-state index in [0.29, 0.717) is 10.6 Å². The quantitative estimate of drug-likeness (QED) is 0.844. The molecule has 0 spiro atoms. The molecule has 0 aromatic carbocycles. The molecule has 9 heteroatoms. The van der Waals surface area contributed by atoms with Crippen LogP contribution in [0.3, 0.4) is 0 Å². The molecule has 0 saturated carbocycles. The van der Waals surface area contributed by atoms with Gasteiger partial charge in [-0.05, 0) is 28.1 Å².